The van der Waals surface area contributed by atoms with E-state index in [4.69, 9.17) is 16.3 Å². The predicted octanol–water partition coefficient (Wildman–Crippen LogP) is 2.78. The van der Waals surface area contributed by atoms with Gasteiger partial charge >= 0.3 is 0 Å². The Hall–Kier alpha value is -1.39. The fourth-order valence-electron chi connectivity index (χ4n) is 2.30. The lowest BCUT2D eigenvalue weighted by molar-refractivity contribution is -0.117. The summed E-state index contributed by atoms with van der Waals surface area (Å²) in [6.07, 6.45) is 0.619. The Labute approximate surface area is 124 Å². The summed E-state index contributed by atoms with van der Waals surface area (Å²) in [4.78, 5) is 24.2. The molecule has 1 atom stereocenters. The third-order valence-corrected chi connectivity index (χ3v) is 3.64. The quantitative estimate of drug-likeness (QED) is 0.599. The largest absolute Gasteiger partial charge is 0.377 e. The lowest BCUT2D eigenvalue weighted by atomic mass is 9.98. The number of carbonyl (C=O) groups excluding carboxylic acids is 2. The van der Waals surface area contributed by atoms with Crippen molar-refractivity contribution in [2.75, 3.05) is 24.4 Å². The second-order valence-corrected chi connectivity index (χ2v) is 4.90. The van der Waals surface area contributed by atoms with Crippen LogP contribution in [0.1, 0.15) is 29.7 Å². The van der Waals surface area contributed by atoms with Gasteiger partial charge in [-0.1, -0.05) is 12.1 Å². The summed E-state index contributed by atoms with van der Waals surface area (Å²) >= 11 is 5.63. The molecular weight excluding hydrogens is 278 g/mol. The molecule has 0 aliphatic heterocycles. The number of halogens is 1. The van der Waals surface area contributed by atoms with Gasteiger partial charge in [0, 0.05) is 7.11 Å². The lowest BCUT2D eigenvalue weighted by Gasteiger charge is -2.26. The average Bonchev–Trinajstić information content (AvgIpc) is 2.44. The number of alkyl halides is 1. The van der Waals surface area contributed by atoms with E-state index in [-0.39, 0.29) is 24.4 Å². The summed E-state index contributed by atoms with van der Waals surface area (Å²) in [7, 11) is 1.64. The summed E-state index contributed by atoms with van der Waals surface area (Å²) in [5.41, 5.74) is 3.59. The van der Waals surface area contributed by atoms with Gasteiger partial charge in [-0.2, -0.15) is 0 Å². The van der Waals surface area contributed by atoms with Crippen LogP contribution < -0.4 is 4.90 Å². The van der Waals surface area contributed by atoms with Crippen LogP contribution in [0.4, 0.5) is 5.69 Å². The molecule has 0 aliphatic rings. The average molecular weight is 298 g/mol. The van der Waals surface area contributed by atoms with Crippen molar-refractivity contribution in [3.05, 3.63) is 28.8 Å². The number of nitrogens with zero attached hydrogens (tertiary/aromatic N) is 1. The van der Waals surface area contributed by atoms with Gasteiger partial charge in [-0.25, -0.2) is 0 Å². The third-order valence-electron chi connectivity index (χ3n) is 3.41. The zero-order valence-electron chi connectivity index (χ0n) is 12.3. The van der Waals surface area contributed by atoms with Gasteiger partial charge in [0.25, 0.3) is 0 Å². The first-order valence-corrected chi connectivity index (χ1v) is 6.94. The van der Waals surface area contributed by atoms with E-state index >= 15 is 0 Å². The van der Waals surface area contributed by atoms with Crippen LogP contribution in [0.15, 0.2) is 12.1 Å². The third kappa shape index (κ3) is 3.38. The number of amides is 1. The van der Waals surface area contributed by atoms with Gasteiger partial charge in [0.1, 0.15) is 12.2 Å². The molecule has 4 nitrogen and oxygen atoms in total. The fraction of sp³-hybridized carbons (Fsp3) is 0.467. The molecule has 0 bridgehead atoms. The lowest BCUT2D eigenvalue weighted by Crippen LogP contribution is -2.35. The maximum atomic E-state index is 12.0. The number of aldehydes is 1. The summed E-state index contributed by atoms with van der Waals surface area (Å²) in [6, 6.07) is 3.90. The molecule has 1 rings (SSSR count). The summed E-state index contributed by atoms with van der Waals surface area (Å²) in [6.45, 7) is 5.77. The minimum Gasteiger partial charge on any atom is -0.377 e. The van der Waals surface area contributed by atoms with E-state index in [0.717, 1.165) is 22.4 Å². The van der Waals surface area contributed by atoms with Crippen LogP contribution in [0.5, 0.6) is 0 Å². The molecule has 1 aromatic rings. The first-order valence-electron chi connectivity index (χ1n) is 6.40. The van der Waals surface area contributed by atoms with Crippen LogP contribution in [-0.2, 0) is 14.3 Å². The highest BCUT2D eigenvalue weighted by atomic mass is 35.5. The van der Waals surface area contributed by atoms with Crippen molar-refractivity contribution in [1.29, 1.82) is 0 Å². The number of anilines is 1. The molecule has 0 heterocycles. The van der Waals surface area contributed by atoms with Crippen LogP contribution in [-0.4, -0.2) is 31.7 Å². The highest BCUT2D eigenvalue weighted by molar-refractivity contribution is 6.29. The van der Waals surface area contributed by atoms with E-state index < -0.39 is 0 Å². The molecule has 1 amide bonds. The summed E-state index contributed by atoms with van der Waals surface area (Å²) < 4.78 is 5.34. The van der Waals surface area contributed by atoms with Crippen LogP contribution in [0.3, 0.4) is 0 Å². The smallest absolute Gasteiger partial charge is 0.242 e. The van der Waals surface area contributed by atoms with Gasteiger partial charge in [-0.05, 0) is 37.5 Å². The van der Waals surface area contributed by atoms with Gasteiger partial charge in [0.2, 0.25) is 5.91 Å². The Balaban J connectivity index is 3.40. The SMILES string of the molecule is COC(C)c1ccc(C)c(N(CC=O)C(=O)CCl)c1C. The number of benzene rings is 1. The highest BCUT2D eigenvalue weighted by Gasteiger charge is 2.21. The molecule has 0 saturated heterocycles. The maximum absolute atomic E-state index is 12.0. The number of aryl methyl sites for hydroxylation is 1. The van der Waals surface area contributed by atoms with Gasteiger partial charge in [0.05, 0.1) is 18.3 Å². The minimum absolute atomic E-state index is 0.00193. The standard InChI is InChI=1S/C15H20ClNO3/c1-10-5-6-13(12(3)20-4)11(2)15(10)17(7-8-18)14(19)9-16/h5-6,8,12H,7,9H2,1-4H3. The number of rotatable bonds is 6. The Morgan fingerprint density at radius 1 is 1.45 bits per heavy atom. The van der Waals surface area contributed by atoms with Crippen LogP contribution in [0, 0.1) is 13.8 Å². The molecule has 0 spiro atoms. The zero-order valence-corrected chi connectivity index (χ0v) is 13.0. The van der Waals surface area contributed by atoms with Crippen molar-refractivity contribution in [3.8, 4) is 0 Å². The number of hydrogen-bond acceptors (Lipinski definition) is 3. The second-order valence-electron chi connectivity index (χ2n) is 4.63. The molecule has 0 radical (unpaired) electrons. The Morgan fingerprint density at radius 2 is 2.10 bits per heavy atom. The molecular formula is C15H20ClNO3. The molecule has 5 heteroatoms. The molecule has 110 valence electrons. The van der Waals surface area contributed by atoms with Crippen molar-refractivity contribution in [2.24, 2.45) is 0 Å². The Bertz CT molecular complexity index is 502. The number of carbonyl (C=O) groups is 2. The van der Waals surface area contributed by atoms with Crippen molar-refractivity contribution in [2.45, 2.75) is 26.9 Å². The van der Waals surface area contributed by atoms with Crippen LogP contribution >= 0.6 is 11.6 Å². The number of ether oxygens (including phenoxy) is 1. The summed E-state index contributed by atoms with van der Waals surface area (Å²) in [5.74, 6) is -0.441. The first kappa shape index (κ1) is 16.7. The Kier molecular flexibility index (Phi) is 6.17. The fourth-order valence-corrected chi connectivity index (χ4v) is 2.44. The van der Waals surface area contributed by atoms with E-state index in [0.29, 0.717) is 6.29 Å². The van der Waals surface area contributed by atoms with Crippen molar-refractivity contribution in [3.63, 3.8) is 0 Å². The van der Waals surface area contributed by atoms with Crippen LogP contribution in [0.25, 0.3) is 0 Å². The predicted molar refractivity (Wildman–Crippen MR) is 80.5 cm³/mol. The van der Waals surface area contributed by atoms with Crippen molar-refractivity contribution >= 4 is 29.5 Å². The number of methoxy groups -OCH3 is 1. The van der Waals surface area contributed by atoms with Gasteiger partial charge in [-0.15, -0.1) is 11.6 Å². The van der Waals surface area contributed by atoms with E-state index in [2.05, 4.69) is 0 Å². The topological polar surface area (TPSA) is 46.6 Å². The molecule has 1 unspecified atom stereocenters. The molecule has 0 aliphatic carbocycles. The van der Waals surface area contributed by atoms with Gasteiger partial charge in [0.15, 0.2) is 0 Å². The van der Waals surface area contributed by atoms with Gasteiger partial charge in [-0.3, -0.25) is 4.79 Å². The van der Waals surface area contributed by atoms with E-state index in [1.807, 2.05) is 32.9 Å². The first-order chi connectivity index (χ1) is 9.47. The van der Waals surface area contributed by atoms with E-state index in [9.17, 15) is 9.59 Å². The van der Waals surface area contributed by atoms with Crippen LogP contribution in [0.2, 0.25) is 0 Å². The van der Waals surface area contributed by atoms with Crippen molar-refractivity contribution < 1.29 is 14.3 Å². The minimum atomic E-state index is -0.285. The second kappa shape index (κ2) is 7.41. The molecule has 0 fully saturated rings. The van der Waals surface area contributed by atoms with E-state index in [1.165, 1.54) is 4.90 Å². The molecule has 20 heavy (non-hydrogen) atoms. The molecule has 1 aromatic carbocycles. The monoisotopic (exact) mass is 297 g/mol. The molecule has 0 N–H and O–H groups in total. The maximum Gasteiger partial charge on any atom is 0.242 e. The van der Waals surface area contributed by atoms with Crippen molar-refractivity contribution in [1.82, 2.24) is 0 Å². The molecule has 0 saturated carbocycles. The highest BCUT2D eigenvalue weighted by Crippen LogP contribution is 2.31. The normalized spacial score (nSPS) is 12.1. The van der Waals surface area contributed by atoms with E-state index in [1.54, 1.807) is 7.11 Å². The zero-order chi connectivity index (χ0) is 15.3. The van der Waals surface area contributed by atoms with Gasteiger partial charge < -0.3 is 14.4 Å². The number of hydrogen-bond donors (Lipinski definition) is 0. The molecule has 0 aromatic heterocycles. The Morgan fingerprint density at radius 3 is 2.60 bits per heavy atom. The summed E-state index contributed by atoms with van der Waals surface area (Å²) in [5, 5.41) is 0.